The van der Waals surface area contributed by atoms with Crippen LogP contribution in [-0.4, -0.2) is 37.9 Å². The normalized spacial score (nSPS) is 13.0. The van der Waals surface area contributed by atoms with Crippen LogP contribution in [0.15, 0.2) is 97.2 Å². The van der Waals surface area contributed by atoms with E-state index in [1.54, 1.807) is 0 Å². The van der Waals surface area contributed by atoms with Gasteiger partial charge in [0.1, 0.15) is 6.61 Å². The van der Waals surface area contributed by atoms with Gasteiger partial charge in [-0.1, -0.05) is 195 Å². The molecule has 0 amide bonds. The summed E-state index contributed by atoms with van der Waals surface area (Å²) in [5.41, 5.74) is 0. The molecular formula is C57H96O5. The molecule has 0 aromatic rings. The van der Waals surface area contributed by atoms with Gasteiger partial charge in [-0.15, -0.1) is 0 Å². The lowest BCUT2D eigenvalue weighted by Crippen LogP contribution is -2.30. The summed E-state index contributed by atoms with van der Waals surface area (Å²) >= 11 is 0. The maximum absolute atomic E-state index is 12.8. The summed E-state index contributed by atoms with van der Waals surface area (Å²) in [5.74, 6) is -0.445. The van der Waals surface area contributed by atoms with Crippen LogP contribution in [0.3, 0.4) is 0 Å². The Morgan fingerprint density at radius 1 is 0.371 bits per heavy atom. The third kappa shape index (κ3) is 49.5. The fraction of sp³-hybridized carbons (Fsp3) is 0.684. The summed E-state index contributed by atoms with van der Waals surface area (Å²) in [5, 5.41) is 0. The van der Waals surface area contributed by atoms with E-state index in [4.69, 9.17) is 14.2 Å². The smallest absolute Gasteiger partial charge is 0.306 e. The average molecular weight is 861 g/mol. The maximum Gasteiger partial charge on any atom is 0.306 e. The number of esters is 2. The molecule has 0 aliphatic carbocycles. The van der Waals surface area contributed by atoms with Crippen molar-refractivity contribution < 1.29 is 23.8 Å². The van der Waals surface area contributed by atoms with Gasteiger partial charge in [0.05, 0.1) is 6.61 Å². The fourth-order valence-corrected chi connectivity index (χ4v) is 6.80. The molecule has 0 radical (unpaired) electrons. The summed E-state index contributed by atoms with van der Waals surface area (Å²) in [4.78, 5) is 25.4. The zero-order valence-electron chi connectivity index (χ0n) is 40.6. The first-order valence-corrected chi connectivity index (χ1v) is 25.8. The second-order valence-electron chi connectivity index (χ2n) is 16.7. The van der Waals surface area contributed by atoms with Crippen molar-refractivity contribution in [2.75, 3.05) is 19.8 Å². The second-order valence-corrected chi connectivity index (χ2v) is 16.7. The van der Waals surface area contributed by atoms with Gasteiger partial charge < -0.3 is 14.2 Å². The van der Waals surface area contributed by atoms with Gasteiger partial charge in [-0.05, 0) is 116 Å². The SMILES string of the molecule is CC/C=C\C/C=C\C/C=C\C/C=C\CCCCCCC(=O)OCC(COCCCCCCCC/C=C\C/C=C\C/C=C\CC)OC(=O)CCCCCCC/C=C\CCCCCC. The van der Waals surface area contributed by atoms with Crippen LogP contribution >= 0.6 is 0 Å². The van der Waals surface area contributed by atoms with Crippen LogP contribution < -0.4 is 0 Å². The van der Waals surface area contributed by atoms with E-state index < -0.39 is 6.10 Å². The van der Waals surface area contributed by atoms with Crippen molar-refractivity contribution in [1.29, 1.82) is 0 Å². The number of carbonyl (C=O) groups excluding carboxylic acids is 2. The molecule has 5 heteroatoms. The van der Waals surface area contributed by atoms with E-state index in [-0.39, 0.29) is 25.2 Å². The first-order valence-electron chi connectivity index (χ1n) is 25.8. The fourth-order valence-electron chi connectivity index (χ4n) is 6.80. The van der Waals surface area contributed by atoms with Gasteiger partial charge in [-0.25, -0.2) is 0 Å². The second kappa shape index (κ2) is 52.2. The number of hydrogen-bond donors (Lipinski definition) is 0. The molecule has 1 atom stereocenters. The largest absolute Gasteiger partial charge is 0.462 e. The van der Waals surface area contributed by atoms with Gasteiger partial charge in [-0.3, -0.25) is 9.59 Å². The van der Waals surface area contributed by atoms with Crippen LogP contribution in [0, 0.1) is 0 Å². The highest BCUT2D eigenvalue weighted by molar-refractivity contribution is 5.70. The highest BCUT2D eigenvalue weighted by Gasteiger charge is 2.17. The standard InChI is InChI=1S/C57H96O5/c1-4-7-10-13-16-19-22-25-27-29-30-33-35-38-41-44-47-50-56(58)61-54-55(62-57(59)51-48-45-42-39-36-32-24-21-18-15-12-9-6-3)53-60-52-49-46-43-40-37-34-31-28-26-23-20-17-14-11-8-5-2/h7-8,10-11,16-17,19-21,24-28,30,33,55H,4-6,9,12-15,18,22-23,29,31-32,34-54H2,1-3H3/b10-7-,11-8-,19-16-,20-17-,24-21-,27-25-,28-26-,33-30-. The Bertz CT molecular complexity index is 1200. The minimum Gasteiger partial charge on any atom is -0.462 e. The van der Waals surface area contributed by atoms with Crippen LogP contribution in [0.5, 0.6) is 0 Å². The van der Waals surface area contributed by atoms with E-state index in [9.17, 15) is 9.59 Å². The van der Waals surface area contributed by atoms with Gasteiger partial charge in [0.25, 0.3) is 0 Å². The lowest BCUT2D eigenvalue weighted by Gasteiger charge is -2.18. The molecule has 5 nitrogen and oxygen atoms in total. The number of ether oxygens (including phenoxy) is 3. The molecule has 0 aliphatic rings. The molecule has 0 bridgehead atoms. The van der Waals surface area contributed by atoms with Crippen molar-refractivity contribution in [2.24, 2.45) is 0 Å². The molecule has 0 heterocycles. The Kier molecular flexibility index (Phi) is 49.5. The van der Waals surface area contributed by atoms with Crippen LogP contribution in [0.4, 0.5) is 0 Å². The summed E-state index contributed by atoms with van der Waals surface area (Å²) in [6.45, 7) is 7.52. The molecule has 0 aromatic carbocycles. The van der Waals surface area contributed by atoms with E-state index >= 15 is 0 Å². The first-order chi connectivity index (χ1) is 30.6. The number of hydrogen-bond acceptors (Lipinski definition) is 5. The molecule has 0 rings (SSSR count). The monoisotopic (exact) mass is 861 g/mol. The highest BCUT2D eigenvalue weighted by Crippen LogP contribution is 2.13. The first kappa shape index (κ1) is 58.8. The van der Waals surface area contributed by atoms with Gasteiger partial charge in [0, 0.05) is 19.4 Å². The van der Waals surface area contributed by atoms with Gasteiger partial charge in [0.2, 0.25) is 0 Å². The van der Waals surface area contributed by atoms with Crippen LogP contribution in [0.1, 0.15) is 226 Å². The molecule has 0 spiro atoms. The van der Waals surface area contributed by atoms with E-state index in [0.29, 0.717) is 19.4 Å². The summed E-state index contributed by atoms with van der Waals surface area (Å²) in [6.07, 6.45) is 69.8. The predicted octanol–water partition coefficient (Wildman–Crippen LogP) is 17.5. The molecule has 0 saturated carbocycles. The Hall–Kier alpha value is -3.18. The quantitative estimate of drug-likeness (QED) is 0.0347. The zero-order valence-corrected chi connectivity index (χ0v) is 40.6. The van der Waals surface area contributed by atoms with Gasteiger partial charge in [0.15, 0.2) is 6.10 Å². The van der Waals surface area contributed by atoms with Gasteiger partial charge in [-0.2, -0.15) is 0 Å². The van der Waals surface area contributed by atoms with E-state index in [1.807, 2.05) is 0 Å². The lowest BCUT2D eigenvalue weighted by atomic mass is 10.1. The number of rotatable bonds is 46. The molecule has 1 unspecified atom stereocenters. The third-order valence-corrected chi connectivity index (χ3v) is 10.6. The van der Waals surface area contributed by atoms with Crippen LogP contribution in [0.2, 0.25) is 0 Å². The summed E-state index contributed by atoms with van der Waals surface area (Å²) < 4.78 is 17.4. The Morgan fingerprint density at radius 3 is 1.18 bits per heavy atom. The van der Waals surface area contributed by atoms with Crippen molar-refractivity contribution in [3.8, 4) is 0 Å². The van der Waals surface area contributed by atoms with Crippen molar-refractivity contribution in [1.82, 2.24) is 0 Å². The molecule has 0 saturated heterocycles. The van der Waals surface area contributed by atoms with Crippen molar-refractivity contribution >= 4 is 11.9 Å². The lowest BCUT2D eigenvalue weighted by molar-refractivity contribution is -0.163. The predicted molar refractivity (Wildman–Crippen MR) is 270 cm³/mol. The van der Waals surface area contributed by atoms with E-state index in [1.165, 1.54) is 70.6 Å². The Balaban J connectivity index is 4.36. The summed E-state index contributed by atoms with van der Waals surface area (Å²) in [6, 6.07) is 0. The molecular weight excluding hydrogens is 765 g/mol. The van der Waals surface area contributed by atoms with Gasteiger partial charge >= 0.3 is 11.9 Å². The van der Waals surface area contributed by atoms with Crippen molar-refractivity contribution in [2.45, 2.75) is 232 Å². The molecule has 354 valence electrons. The molecule has 0 N–H and O–H groups in total. The highest BCUT2D eigenvalue weighted by atomic mass is 16.6. The number of carbonyl (C=O) groups is 2. The van der Waals surface area contributed by atoms with Crippen LogP contribution in [0.25, 0.3) is 0 Å². The molecule has 0 aliphatic heterocycles. The van der Waals surface area contributed by atoms with E-state index in [0.717, 1.165) is 122 Å². The Labute approximate surface area is 383 Å². The summed E-state index contributed by atoms with van der Waals surface area (Å²) in [7, 11) is 0. The third-order valence-electron chi connectivity index (χ3n) is 10.6. The van der Waals surface area contributed by atoms with Crippen molar-refractivity contribution in [3.63, 3.8) is 0 Å². The van der Waals surface area contributed by atoms with Crippen molar-refractivity contribution in [3.05, 3.63) is 97.2 Å². The average Bonchev–Trinajstić information content (AvgIpc) is 3.27. The zero-order chi connectivity index (χ0) is 44.9. The molecule has 0 aromatic heterocycles. The van der Waals surface area contributed by atoms with E-state index in [2.05, 4.69) is 118 Å². The maximum atomic E-state index is 12.8. The molecule has 62 heavy (non-hydrogen) atoms. The number of allylic oxidation sites excluding steroid dienone is 16. The molecule has 0 fully saturated rings. The number of unbranched alkanes of at least 4 members (excludes halogenated alkanes) is 19. The minimum atomic E-state index is -0.562. The topological polar surface area (TPSA) is 61.8 Å². The Morgan fingerprint density at radius 2 is 0.726 bits per heavy atom. The minimum absolute atomic E-state index is 0.0591. The van der Waals surface area contributed by atoms with Crippen LogP contribution in [-0.2, 0) is 23.8 Å².